The van der Waals surface area contributed by atoms with Crippen molar-refractivity contribution in [3.05, 3.63) is 0 Å². The molecule has 0 radical (unpaired) electrons. The molecule has 0 aliphatic rings. The lowest BCUT2D eigenvalue weighted by Crippen LogP contribution is -2.50. The predicted octanol–water partition coefficient (Wildman–Crippen LogP) is 3.96. The standard InChI is InChI=1S/C24H44O7.C3H8O3/c1-2-3-4-5-6-7-8-9-10-11-12-13-14-15-16-17-18-20(22(27)28)24(31,23(29)30)19-21(25)26;4-1-3(6)2-5/h20,31H,2-19H2,1H3,(H,25,26)(H,27,28)(H,29,30);3-6H,1-2H2. The van der Waals surface area contributed by atoms with Crippen molar-refractivity contribution in [1.29, 1.82) is 0 Å². The number of hydrogen-bond donors (Lipinski definition) is 7. The molecule has 10 nitrogen and oxygen atoms in total. The molecule has 0 aromatic heterocycles. The second-order valence-corrected chi connectivity index (χ2v) is 9.80. The number of carbonyl (C=O) groups is 3. The van der Waals surface area contributed by atoms with E-state index in [9.17, 15) is 24.6 Å². The number of aliphatic carboxylic acids is 3. The molecular weight excluding hydrogens is 484 g/mol. The highest BCUT2D eigenvalue weighted by atomic mass is 16.4. The summed E-state index contributed by atoms with van der Waals surface area (Å²) >= 11 is 0. The molecule has 37 heavy (non-hydrogen) atoms. The molecule has 7 N–H and O–H groups in total. The van der Waals surface area contributed by atoms with Gasteiger partial charge < -0.3 is 35.7 Å². The number of carboxylic acid groups (broad SMARTS) is 3. The van der Waals surface area contributed by atoms with E-state index in [1.807, 2.05) is 0 Å². The van der Waals surface area contributed by atoms with Crippen LogP contribution in [0.25, 0.3) is 0 Å². The lowest BCUT2D eigenvalue weighted by molar-refractivity contribution is -0.179. The van der Waals surface area contributed by atoms with Crippen LogP contribution in [-0.4, -0.2) is 78.6 Å². The minimum atomic E-state index is -2.78. The molecule has 2 atom stereocenters. The Labute approximate surface area is 221 Å². The largest absolute Gasteiger partial charge is 0.481 e. The predicted molar refractivity (Wildman–Crippen MR) is 140 cm³/mol. The molecule has 0 aliphatic carbocycles. The van der Waals surface area contributed by atoms with Gasteiger partial charge in [0, 0.05) is 0 Å². The van der Waals surface area contributed by atoms with E-state index in [1.165, 1.54) is 70.6 Å². The molecule has 0 rings (SSSR count). The number of aliphatic hydroxyl groups is 4. The van der Waals surface area contributed by atoms with Gasteiger partial charge in [-0.25, -0.2) is 4.79 Å². The topological polar surface area (TPSA) is 193 Å². The van der Waals surface area contributed by atoms with Gasteiger partial charge in [-0.2, -0.15) is 0 Å². The maximum absolute atomic E-state index is 11.4. The molecule has 0 aromatic rings. The Hall–Kier alpha value is -1.75. The summed E-state index contributed by atoms with van der Waals surface area (Å²) < 4.78 is 0. The zero-order chi connectivity index (χ0) is 28.5. The lowest BCUT2D eigenvalue weighted by atomic mass is 9.81. The second kappa shape index (κ2) is 24.6. The van der Waals surface area contributed by atoms with Crippen LogP contribution in [0.3, 0.4) is 0 Å². The van der Waals surface area contributed by atoms with Crippen LogP contribution in [0.5, 0.6) is 0 Å². The van der Waals surface area contributed by atoms with Gasteiger partial charge in [-0.05, 0) is 6.42 Å². The molecule has 220 valence electrons. The first-order valence-corrected chi connectivity index (χ1v) is 13.9. The van der Waals surface area contributed by atoms with Crippen LogP contribution in [0, 0.1) is 5.92 Å². The van der Waals surface area contributed by atoms with Crippen LogP contribution in [0.4, 0.5) is 0 Å². The first-order chi connectivity index (χ1) is 17.6. The van der Waals surface area contributed by atoms with Crippen molar-refractivity contribution in [3.63, 3.8) is 0 Å². The fourth-order valence-electron chi connectivity index (χ4n) is 4.10. The van der Waals surface area contributed by atoms with Crippen molar-refractivity contribution in [1.82, 2.24) is 0 Å². The molecule has 0 amide bonds. The van der Waals surface area contributed by atoms with E-state index in [0.717, 1.165) is 25.7 Å². The summed E-state index contributed by atoms with van der Waals surface area (Å²) in [5.74, 6) is -6.46. The van der Waals surface area contributed by atoms with E-state index in [4.69, 9.17) is 25.5 Å². The van der Waals surface area contributed by atoms with Crippen LogP contribution in [-0.2, 0) is 14.4 Å². The van der Waals surface area contributed by atoms with Gasteiger partial charge in [-0.1, -0.05) is 110 Å². The molecule has 0 fully saturated rings. The Morgan fingerprint density at radius 1 is 0.649 bits per heavy atom. The normalized spacial score (nSPS) is 13.5. The van der Waals surface area contributed by atoms with Gasteiger partial charge in [0.2, 0.25) is 0 Å². The summed E-state index contributed by atoms with van der Waals surface area (Å²) in [6, 6.07) is 0. The fraction of sp³-hybridized carbons (Fsp3) is 0.889. The number of carboxylic acids is 3. The zero-order valence-corrected chi connectivity index (χ0v) is 22.7. The monoisotopic (exact) mass is 536 g/mol. The van der Waals surface area contributed by atoms with E-state index >= 15 is 0 Å². The maximum Gasteiger partial charge on any atom is 0.337 e. The molecule has 0 bridgehead atoms. The van der Waals surface area contributed by atoms with Gasteiger partial charge in [0.1, 0.15) is 6.10 Å². The molecule has 0 saturated heterocycles. The van der Waals surface area contributed by atoms with Crippen LogP contribution in [0.15, 0.2) is 0 Å². The Kier molecular flexibility index (Phi) is 24.8. The molecule has 0 aliphatic heterocycles. The summed E-state index contributed by atoms with van der Waals surface area (Å²) in [5.41, 5.74) is -2.78. The molecule has 2 unspecified atom stereocenters. The molecule has 0 spiro atoms. The van der Waals surface area contributed by atoms with Gasteiger partial charge in [0.25, 0.3) is 0 Å². The van der Waals surface area contributed by atoms with Gasteiger partial charge in [0.15, 0.2) is 5.60 Å². The van der Waals surface area contributed by atoms with Gasteiger partial charge in [-0.15, -0.1) is 0 Å². The van der Waals surface area contributed by atoms with Crippen molar-refractivity contribution in [2.45, 2.75) is 134 Å². The minimum absolute atomic E-state index is 0.0517. The van der Waals surface area contributed by atoms with E-state index < -0.39 is 42.0 Å². The minimum Gasteiger partial charge on any atom is -0.481 e. The van der Waals surface area contributed by atoms with E-state index in [1.54, 1.807) is 0 Å². The summed E-state index contributed by atoms with van der Waals surface area (Å²) in [5, 5.41) is 61.4. The van der Waals surface area contributed by atoms with Gasteiger partial charge in [-0.3, -0.25) is 9.59 Å². The van der Waals surface area contributed by atoms with Crippen LogP contribution >= 0.6 is 0 Å². The van der Waals surface area contributed by atoms with Gasteiger partial charge >= 0.3 is 17.9 Å². The average molecular weight is 537 g/mol. The van der Waals surface area contributed by atoms with Crippen molar-refractivity contribution in [2.75, 3.05) is 13.2 Å². The molecule has 10 heteroatoms. The first kappa shape index (κ1) is 37.4. The van der Waals surface area contributed by atoms with Crippen LogP contribution in [0.2, 0.25) is 0 Å². The molecule has 0 aromatic carbocycles. The molecular formula is C27H52O10. The fourth-order valence-corrected chi connectivity index (χ4v) is 4.10. The zero-order valence-electron chi connectivity index (χ0n) is 22.7. The van der Waals surface area contributed by atoms with Crippen molar-refractivity contribution >= 4 is 17.9 Å². The molecule has 0 saturated carbocycles. The van der Waals surface area contributed by atoms with Crippen LogP contribution in [0.1, 0.15) is 122 Å². The first-order valence-electron chi connectivity index (χ1n) is 13.9. The molecule has 0 heterocycles. The highest BCUT2D eigenvalue weighted by Gasteiger charge is 2.49. The Morgan fingerprint density at radius 3 is 1.24 bits per heavy atom. The quantitative estimate of drug-likeness (QED) is 0.0888. The summed E-state index contributed by atoms with van der Waals surface area (Å²) in [6.45, 7) is 1.51. The SMILES string of the molecule is CCCCCCCCCCCCCCCCCCC(C(=O)O)C(O)(CC(=O)O)C(=O)O.OCC(O)CO. The third-order valence-corrected chi connectivity index (χ3v) is 6.43. The number of rotatable bonds is 24. The van der Waals surface area contributed by atoms with Gasteiger partial charge in [0.05, 0.1) is 25.6 Å². The Morgan fingerprint density at radius 2 is 1.00 bits per heavy atom. The highest BCUT2D eigenvalue weighted by Crippen LogP contribution is 2.28. The third kappa shape index (κ3) is 20.9. The van der Waals surface area contributed by atoms with E-state index in [-0.39, 0.29) is 19.6 Å². The van der Waals surface area contributed by atoms with E-state index in [0.29, 0.717) is 6.42 Å². The van der Waals surface area contributed by atoms with Crippen molar-refractivity contribution in [3.8, 4) is 0 Å². The summed E-state index contributed by atoms with van der Waals surface area (Å²) in [4.78, 5) is 33.6. The number of aliphatic hydroxyl groups excluding tert-OH is 3. The smallest absolute Gasteiger partial charge is 0.337 e. The number of hydrogen-bond acceptors (Lipinski definition) is 7. The second-order valence-electron chi connectivity index (χ2n) is 9.80. The van der Waals surface area contributed by atoms with E-state index in [2.05, 4.69) is 6.92 Å². The Balaban J connectivity index is 0. The lowest BCUT2D eigenvalue weighted by Gasteiger charge is -2.28. The van der Waals surface area contributed by atoms with Crippen molar-refractivity contribution < 1.29 is 50.1 Å². The van der Waals surface area contributed by atoms with Crippen molar-refractivity contribution in [2.24, 2.45) is 5.92 Å². The number of unbranched alkanes of at least 4 members (excludes halogenated alkanes) is 15. The highest BCUT2D eigenvalue weighted by molar-refractivity contribution is 5.89. The summed E-state index contributed by atoms with van der Waals surface area (Å²) in [7, 11) is 0. The summed E-state index contributed by atoms with van der Waals surface area (Å²) in [6.07, 6.45) is 16.7. The average Bonchev–Trinajstić information content (AvgIpc) is 2.84. The third-order valence-electron chi connectivity index (χ3n) is 6.43. The Bertz CT molecular complexity index is 580. The van der Waals surface area contributed by atoms with Crippen LogP contribution < -0.4 is 0 Å². The maximum atomic E-state index is 11.4.